The molecule has 0 bridgehead atoms. The fourth-order valence-electron chi connectivity index (χ4n) is 1.54. The number of alkyl halides is 2. The summed E-state index contributed by atoms with van der Waals surface area (Å²) >= 11 is 0. The molecule has 12 heavy (non-hydrogen) atoms. The molecule has 2 aliphatic rings. The van der Waals surface area contributed by atoms with Gasteiger partial charge in [-0.2, -0.15) is 0 Å². The molecule has 0 spiro atoms. The van der Waals surface area contributed by atoms with E-state index >= 15 is 0 Å². The van der Waals surface area contributed by atoms with E-state index < -0.39 is 6.43 Å². The smallest absolute Gasteiger partial charge is 0.278 e. The highest BCUT2D eigenvalue weighted by Crippen LogP contribution is 2.27. The van der Waals surface area contributed by atoms with Gasteiger partial charge in [0.2, 0.25) is 0 Å². The van der Waals surface area contributed by atoms with Crippen LogP contribution in [0.2, 0.25) is 0 Å². The zero-order valence-corrected chi connectivity index (χ0v) is 6.45. The van der Waals surface area contributed by atoms with Gasteiger partial charge in [-0.1, -0.05) is 18.2 Å². The van der Waals surface area contributed by atoms with Crippen LogP contribution in [-0.4, -0.2) is 17.4 Å². The first-order valence-corrected chi connectivity index (χ1v) is 3.90. The first-order valence-electron chi connectivity index (χ1n) is 3.90. The van der Waals surface area contributed by atoms with E-state index in [9.17, 15) is 8.78 Å². The van der Waals surface area contributed by atoms with Crippen LogP contribution in [0.5, 0.6) is 0 Å². The van der Waals surface area contributed by atoms with Crippen LogP contribution in [0.25, 0.3) is 0 Å². The van der Waals surface area contributed by atoms with Crippen molar-refractivity contribution in [2.75, 3.05) is 0 Å². The molecule has 2 rings (SSSR count). The van der Waals surface area contributed by atoms with Crippen molar-refractivity contribution in [2.45, 2.75) is 18.9 Å². The molecular formula is C9H9F2N. The molecule has 1 atom stereocenters. The van der Waals surface area contributed by atoms with Gasteiger partial charge in [0.05, 0.1) is 11.7 Å². The van der Waals surface area contributed by atoms with Crippen LogP contribution in [0.1, 0.15) is 6.42 Å². The van der Waals surface area contributed by atoms with Gasteiger partial charge >= 0.3 is 0 Å². The Hall–Kier alpha value is -1.12. The van der Waals surface area contributed by atoms with Gasteiger partial charge in [0.25, 0.3) is 6.43 Å². The van der Waals surface area contributed by atoms with Crippen LogP contribution in [0.4, 0.5) is 8.78 Å². The third-order valence-corrected chi connectivity index (χ3v) is 2.12. The number of halogens is 2. The van der Waals surface area contributed by atoms with Crippen LogP contribution in [0.3, 0.4) is 0 Å². The molecular weight excluding hydrogens is 160 g/mol. The molecule has 1 nitrogen and oxygen atoms in total. The summed E-state index contributed by atoms with van der Waals surface area (Å²) in [4.78, 5) is 1.63. The molecule has 64 valence electrons. The Kier molecular flexibility index (Phi) is 1.71. The summed E-state index contributed by atoms with van der Waals surface area (Å²) in [6.45, 7) is 0. The van der Waals surface area contributed by atoms with Crippen molar-refractivity contribution in [3.05, 3.63) is 36.2 Å². The van der Waals surface area contributed by atoms with Crippen molar-refractivity contribution < 1.29 is 8.78 Å². The number of allylic oxidation sites excluding steroid dienone is 3. The van der Waals surface area contributed by atoms with E-state index in [1.807, 2.05) is 12.2 Å². The molecule has 0 aromatic heterocycles. The predicted molar refractivity (Wildman–Crippen MR) is 42.6 cm³/mol. The van der Waals surface area contributed by atoms with Crippen molar-refractivity contribution in [1.29, 1.82) is 0 Å². The second-order valence-electron chi connectivity index (χ2n) is 2.87. The minimum Gasteiger partial charge on any atom is -0.340 e. The quantitative estimate of drug-likeness (QED) is 0.582. The molecule has 2 heterocycles. The minimum absolute atomic E-state index is 0.108. The lowest BCUT2D eigenvalue weighted by Crippen LogP contribution is -2.29. The highest BCUT2D eigenvalue weighted by Gasteiger charge is 2.26. The van der Waals surface area contributed by atoms with Gasteiger partial charge in [-0.3, -0.25) is 0 Å². The summed E-state index contributed by atoms with van der Waals surface area (Å²) < 4.78 is 24.8. The SMILES string of the molecule is FC(F)C1=CC=CC2CC=CN12. The Morgan fingerprint density at radius 1 is 1.50 bits per heavy atom. The molecule has 0 radical (unpaired) electrons. The molecule has 0 N–H and O–H groups in total. The Morgan fingerprint density at radius 3 is 3.08 bits per heavy atom. The lowest BCUT2D eigenvalue weighted by molar-refractivity contribution is 0.149. The van der Waals surface area contributed by atoms with Crippen LogP contribution < -0.4 is 0 Å². The molecule has 0 amide bonds. The number of hydrogen-bond donors (Lipinski definition) is 0. The van der Waals surface area contributed by atoms with Crippen LogP contribution in [0.15, 0.2) is 36.2 Å². The third kappa shape index (κ3) is 1.05. The lowest BCUT2D eigenvalue weighted by atomic mass is 10.1. The summed E-state index contributed by atoms with van der Waals surface area (Å²) in [6, 6.07) is 0.124. The first-order chi connectivity index (χ1) is 5.79. The number of nitrogens with zero attached hydrogens (tertiary/aromatic N) is 1. The largest absolute Gasteiger partial charge is 0.340 e. The zero-order valence-electron chi connectivity index (χ0n) is 6.45. The molecule has 2 aliphatic heterocycles. The summed E-state index contributed by atoms with van der Waals surface area (Å²) in [6.07, 6.45) is 7.21. The highest BCUT2D eigenvalue weighted by atomic mass is 19.3. The van der Waals surface area contributed by atoms with Gasteiger partial charge in [0.15, 0.2) is 0 Å². The van der Waals surface area contributed by atoms with Crippen molar-refractivity contribution in [3.63, 3.8) is 0 Å². The predicted octanol–water partition coefficient (Wildman–Crippen LogP) is 2.29. The van der Waals surface area contributed by atoms with E-state index in [1.165, 1.54) is 6.08 Å². The van der Waals surface area contributed by atoms with E-state index in [2.05, 4.69) is 0 Å². The Bertz CT molecular complexity index is 266. The standard InChI is InChI=1S/C9H9F2N/c10-9(11)8-5-1-3-7-4-2-6-12(7)8/h1-3,5-7,9H,4H2. The maximum atomic E-state index is 12.4. The molecule has 0 aromatic carbocycles. The summed E-state index contributed by atoms with van der Waals surface area (Å²) in [5.74, 6) is 0. The van der Waals surface area contributed by atoms with E-state index in [0.29, 0.717) is 0 Å². The number of rotatable bonds is 1. The van der Waals surface area contributed by atoms with Gasteiger partial charge in [0, 0.05) is 6.20 Å². The minimum atomic E-state index is -2.37. The van der Waals surface area contributed by atoms with Crippen molar-refractivity contribution in [3.8, 4) is 0 Å². The maximum Gasteiger partial charge on any atom is 0.278 e. The monoisotopic (exact) mass is 169 g/mol. The molecule has 0 saturated heterocycles. The molecule has 0 aliphatic carbocycles. The molecule has 0 aromatic rings. The summed E-state index contributed by atoms with van der Waals surface area (Å²) in [5, 5.41) is 0. The molecule has 3 heteroatoms. The van der Waals surface area contributed by atoms with E-state index in [1.54, 1.807) is 17.2 Å². The average Bonchev–Trinajstić information content (AvgIpc) is 2.49. The van der Waals surface area contributed by atoms with Crippen LogP contribution >= 0.6 is 0 Å². The van der Waals surface area contributed by atoms with Gasteiger partial charge in [0.1, 0.15) is 0 Å². The zero-order chi connectivity index (χ0) is 8.55. The third-order valence-electron chi connectivity index (χ3n) is 2.12. The fraction of sp³-hybridized carbons (Fsp3) is 0.333. The van der Waals surface area contributed by atoms with E-state index in [4.69, 9.17) is 0 Å². The first kappa shape index (κ1) is 7.53. The van der Waals surface area contributed by atoms with E-state index in [-0.39, 0.29) is 11.7 Å². The Labute approximate surface area is 69.7 Å². The lowest BCUT2D eigenvalue weighted by Gasteiger charge is -2.27. The topological polar surface area (TPSA) is 3.24 Å². The Morgan fingerprint density at radius 2 is 2.33 bits per heavy atom. The maximum absolute atomic E-state index is 12.4. The fourth-order valence-corrected chi connectivity index (χ4v) is 1.54. The van der Waals surface area contributed by atoms with Gasteiger partial charge in [-0.05, 0) is 12.5 Å². The van der Waals surface area contributed by atoms with Crippen LogP contribution in [0, 0.1) is 0 Å². The van der Waals surface area contributed by atoms with Crippen molar-refractivity contribution in [1.82, 2.24) is 4.90 Å². The molecule has 1 unspecified atom stereocenters. The molecule has 0 fully saturated rings. The van der Waals surface area contributed by atoms with E-state index in [0.717, 1.165) is 6.42 Å². The summed E-state index contributed by atoms with van der Waals surface area (Å²) in [7, 11) is 0. The van der Waals surface area contributed by atoms with Crippen molar-refractivity contribution >= 4 is 0 Å². The average molecular weight is 169 g/mol. The summed E-state index contributed by atoms with van der Waals surface area (Å²) in [5.41, 5.74) is 0.108. The highest BCUT2D eigenvalue weighted by molar-refractivity contribution is 5.27. The second kappa shape index (κ2) is 2.73. The van der Waals surface area contributed by atoms with Gasteiger partial charge < -0.3 is 4.90 Å². The van der Waals surface area contributed by atoms with Gasteiger partial charge in [-0.15, -0.1) is 0 Å². The van der Waals surface area contributed by atoms with Crippen molar-refractivity contribution in [2.24, 2.45) is 0 Å². The number of hydrogen-bond acceptors (Lipinski definition) is 1. The van der Waals surface area contributed by atoms with Gasteiger partial charge in [-0.25, -0.2) is 8.78 Å². The number of fused-ring (bicyclic) bond motifs is 1. The Balaban J connectivity index is 2.26. The second-order valence-corrected chi connectivity index (χ2v) is 2.87. The normalized spacial score (nSPS) is 26.4. The van der Waals surface area contributed by atoms with Crippen LogP contribution in [-0.2, 0) is 0 Å². The molecule has 0 saturated carbocycles.